The summed E-state index contributed by atoms with van der Waals surface area (Å²) in [6, 6.07) is 2.29. The Morgan fingerprint density at radius 2 is 2.47 bits per heavy atom. The van der Waals surface area contributed by atoms with E-state index in [0.29, 0.717) is 5.92 Å². The lowest BCUT2D eigenvalue weighted by molar-refractivity contribution is 0.0610. The van der Waals surface area contributed by atoms with E-state index in [-0.39, 0.29) is 12.1 Å². The zero-order chi connectivity index (χ0) is 10.7. The van der Waals surface area contributed by atoms with Crippen molar-refractivity contribution in [1.29, 1.82) is 0 Å². The molecule has 15 heavy (non-hydrogen) atoms. The number of furan rings is 1. The van der Waals surface area contributed by atoms with E-state index in [9.17, 15) is 0 Å². The maximum atomic E-state index is 5.80. The Kier molecular flexibility index (Phi) is 3.44. The smallest absolute Gasteiger partial charge is 0.0951 e. The van der Waals surface area contributed by atoms with Gasteiger partial charge in [-0.3, -0.25) is 0 Å². The minimum atomic E-state index is 0.270. The van der Waals surface area contributed by atoms with Crippen molar-refractivity contribution >= 4 is 0 Å². The Labute approximate surface area is 90.8 Å². The Bertz CT molecular complexity index is 284. The lowest BCUT2D eigenvalue weighted by Gasteiger charge is -2.25. The third-order valence-corrected chi connectivity index (χ3v) is 3.10. The molecule has 3 nitrogen and oxygen atoms in total. The van der Waals surface area contributed by atoms with Crippen molar-refractivity contribution in [3.63, 3.8) is 0 Å². The molecule has 0 aromatic carbocycles. The predicted octanol–water partition coefficient (Wildman–Crippen LogP) is 2.36. The fourth-order valence-corrected chi connectivity index (χ4v) is 2.24. The van der Waals surface area contributed by atoms with Crippen LogP contribution in [0.3, 0.4) is 0 Å². The molecular weight excluding hydrogens is 190 g/mol. The molecule has 0 radical (unpaired) electrons. The SMILES string of the molecule is CCNC(c1ccoc1)C1OCCC1C. The third kappa shape index (κ3) is 2.24. The zero-order valence-corrected chi connectivity index (χ0v) is 9.40. The van der Waals surface area contributed by atoms with Crippen molar-refractivity contribution in [3.8, 4) is 0 Å². The number of nitrogens with one attached hydrogen (secondary N) is 1. The first kappa shape index (κ1) is 10.7. The fourth-order valence-electron chi connectivity index (χ4n) is 2.24. The number of hydrogen-bond acceptors (Lipinski definition) is 3. The number of likely N-dealkylation sites (N-methyl/N-ethyl adjacent to an activating group) is 1. The molecule has 84 valence electrons. The normalized spacial score (nSPS) is 28.1. The molecule has 0 amide bonds. The molecule has 1 aromatic rings. The quantitative estimate of drug-likeness (QED) is 0.826. The van der Waals surface area contributed by atoms with Gasteiger partial charge in [0.2, 0.25) is 0 Å². The van der Waals surface area contributed by atoms with Crippen molar-refractivity contribution in [2.24, 2.45) is 5.92 Å². The number of ether oxygens (including phenoxy) is 1. The second-order valence-electron chi connectivity index (χ2n) is 4.19. The van der Waals surface area contributed by atoms with Crippen LogP contribution in [0.5, 0.6) is 0 Å². The van der Waals surface area contributed by atoms with Gasteiger partial charge in [0.05, 0.1) is 24.7 Å². The molecule has 1 N–H and O–H groups in total. The van der Waals surface area contributed by atoms with Gasteiger partial charge in [-0.1, -0.05) is 13.8 Å². The second-order valence-corrected chi connectivity index (χ2v) is 4.19. The minimum absolute atomic E-state index is 0.270. The molecule has 0 aliphatic carbocycles. The topological polar surface area (TPSA) is 34.4 Å². The van der Waals surface area contributed by atoms with Gasteiger partial charge in [-0.05, 0) is 24.9 Å². The molecular formula is C12H19NO2. The highest BCUT2D eigenvalue weighted by atomic mass is 16.5. The summed E-state index contributed by atoms with van der Waals surface area (Å²) in [6.45, 7) is 6.20. The van der Waals surface area contributed by atoms with Crippen molar-refractivity contribution < 1.29 is 9.15 Å². The first-order chi connectivity index (χ1) is 7.33. The Balaban J connectivity index is 2.12. The predicted molar refractivity (Wildman–Crippen MR) is 58.6 cm³/mol. The average Bonchev–Trinajstić information content (AvgIpc) is 2.85. The highest BCUT2D eigenvalue weighted by Crippen LogP contribution is 2.31. The van der Waals surface area contributed by atoms with Crippen LogP contribution in [0.25, 0.3) is 0 Å². The van der Waals surface area contributed by atoms with E-state index in [1.807, 2.05) is 12.3 Å². The Morgan fingerprint density at radius 1 is 1.60 bits per heavy atom. The highest BCUT2D eigenvalue weighted by Gasteiger charge is 2.32. The van der Waals surface area contributed by atoms with E-state index in [4.69, 9.17) is 9.15 Å². The number of hydrogen-bond donors (Lipinski definition) is 1. The fraction of sp³-hybridized carbons (Fsp3) is 0.667. The third-order valence-electron chi connectivity index (χ3n) is 3.10. The highest BCUT2D eigenvalue weighted by molar-refractivity contribution is 5.14. The molecule has 1 aliphatic heterocycles. The molecule has 1 saturated heterocycles. The standard InChI is InChI=1S/C12H19NO2/c1-3-13-11(10-5-6-14-8-10)12-9(2)4-7-15-12/h5-6,8-9,11-13H,3-4,7H2,1-2H3. The lowest BCUT2D eigenvalue weighted by Crippen LogP contribution is -2.34. The summed E-state index contributed by atoms with van der Waals surface area (Å²) in [5.41, 5.74) is 1.19. The molecule has 3 atom stereocenters. The van der Waals surface area contributed by atoms with E-state index in [0.717, 1.165) is 19.6 Å². The van der Waals surface area contributed by atoms with Gasteiger partial charge in [0, 0.05) is 12.2 Å². The van der Waals surface area contributed by atoms with E-state index in [2.05, 4.69) is 19.2 Å². The number of rotatable bonds is 4. The van der Waals surface area contributed by atoms with Crippen molar-refractivity contribution in [2.45, 2.75) is 32.4 Å². The summed E-state index contributed by atoms with van der Waals surface area (Å²) in [5, 5.41) is 3.47. The van der Waals surface area contributed by atoms with Gasteiger partial charge in [-0.15, -0.1) is 0 Å². The Hall–Kier alpha value is -0.800. The maximum absolute atomic E-state index is 5.80. The molecule has 0 bridgehead atoms. The van der Waals surface area contributed by atoms with Crippen LogP contribution in [0.1, 0.15) is 31.9 Å². The van der Waals surface area contributed by atoms with E-state index in [1.165, 1.54) is 5.56 Å². The summed E-state index contributed by atoms with van der Waals surface area (Å²) in [6.07, 6.45) is 4.97. The van der Waals surface area contributed by atoms with Crippen LogP contribution < -0.4 is 5.32 Å². The molecule has 0 saturated carbocycles. The molecule has 1 aliphatic rings. The van der Waals surface area contributed by atoms with Crippen LogP contribution in [-0.4, -0.2) is 19.3 Å². The molecule has 3 unspecified atom stereocenters. The maximum Gasteiger partial charge on any atom is 0.0951 e. The average molecular weight is 209 g/mol. The van der Waals surface area contributed by atoms with E-state index in [1.54, 1.807) is 6.26 Å². The van der Waals surface area contributed by atoms with Crippen LogP contribution in [-0.2, 0) is 4.74 Å². The zero-order valence-electron chi connectivity index (χ0n) is 9.40. The molecule has 1 aromatic heterocycles. The van der Waals surface area contributed by atoms with E-state index < -0.39 is 0 Å². The second kappa shape index (κ2) is 4.81. The van der Waals surface area contributed by atoms with Crippen LogP contribution in [0.15, 0.2) is 23.0 Å². The van der Waals surface area contributed by atoms with Crippen LogP contribution >= 0.6 is 0 Å². The summed E-state index contributed by atoms with van der Waals surface area (Å²) in [7, 11) is 0. The van der Waals surface area contributed by atoms with Gasteiger partial charge in [0.15, 0.2) is 0 Å². The van der Waals surface area contributed by atoms with Gasteiger partial charge >= 0.3 is 0 Å². The Morgan fingerprint density at radius 3 is 3.00 bits per heavy atom. The van der Waals surface area contributed by atoms with Crippen LogP contribution in [0.4, 0.5) is 0 Å². The summed E-state index contributed by atoms with van der Waals surface area (Å²) < 4.78 is 10.9. The van der Waals surface area contributed by atoms with Gasteiger partial charge < -0.3 is 14.5 Å². The van der Waals surface area contributed by atoms with Crippen molar-refractivity contribution in [3.05, 3.63) is 24.2 Å². The lowest BCUT2D eigenvalue weighted by atomic mass is 9.94. The van der Waals surface area contributed by atoms with Crippen LogP contribution in [0, 0.1) is 5.92 Å². The van der Waals surface area contributed by atoms with Gasteiger partial charge in [0.1, 0.15) is 0 Å². The molecule has 3 heteroatoms. The molecule has 2 heterocycles. The van der Waals surface area contributed by atoms with Crippen molar-refractivity contribution in [1.82, 2.24) is 5.32 Å². The first-order valence-corrected chi connectivity index (χ1v) is 5.70. The largest absolute Gasteiger partial charge is 0.472 e. The van der Waals surface area contributed by atoms with Gasteiger partial charge in [0.25, 0.3) is 0 Å². The summed E-state index contributed by atoms with van der Waals surface area (Å²) in [5.74, 6) is 0.615. The molecule has 0 spiro atoms. The summed E-state index contributed by atoms with van der Waals surface area (Å²) >= 11 is 0. The van der Waals surface area contributed by atoms with Crippen molar-refractivity contribution in [2.75, 3.05) is 13.2 Å². The summed E-state index contributed by atoms with van der Waals surface area (Å²) in [4.78, 5) is 0. The minimum Gasteiger partial charge on any atom is -0.472 e. The molecule has 1 fully saturated rings. The van der Waals surface area contributed by atoms with Gasteiger partial charge in [-0.2, -0.15) is 0 Å². The van der Waals surface area contributed by atoms with Gasteiger partial charge in [-0.25, -0.2) is 0 Å². The van der Waals surface area contributed by atoms with Crippen LogP contribution in [0.2, 0.25) is 0 Å². The van der Waals surface area contributed by atoms with E-state index >= 15 is 0 Å². The molecule has 2 rings (SSSR count). The monoisotopic (exact) mass is 209 g/mol. The first-order valence-electron chi connectivity index (χ1n) is 5.70.